The van der Waals surface area contributed by atoms with E-state index in [2.05, 4.69) is 0 Å². The maximum atomic E-state index is 12.9. The molecule has 1 aromatic rings. The Morgan fingerprint density at radius 1 is 1.64 bits per heavy atom. The Kier molecular flexibility index (Phi) is 3.43. The van der Waals surface area contributed by atoms with E-state index in [1.807, 2.05) is 0 Å². The van der Waals surface area contributed by atoms with Crippen LogP contribution in [0, 0.1) is 5.82 Å². The van der Waals surface area contributed by atoms with Gasteiger partial charge in [0.2, 0.25) is 0 Å². The molecule has 0 saturated heterocycles. The third-order valence-corrected chi connectivity index (χ3v) is 2.07. The van der Waals surface area contributed by atoms with Crippen LogP contribution in [0.2, 0.25) is 5.02 Å². The zero-order chi connectivity index (χ0) is 10.7. The average molecular weight is 218 g/mol. The molecule has 1 atom stereocenters. The molecule has 3 N–H and O–H groups in total. The molecule has 5 heteroatoms. The number of carboxylic acid groups (broad SMARTS) is 1. The van der Waals surface area contributed by atoms with Gasteiger partial charge >= 0.3 is 5.97 Å². The van der Waals surface area contributed by atoms with Crippen molar-refractivity contribution in [2.24, 2.45) is 5.73 Å². The van der Waals surface area contributed by atoms with Crippen LogP contribution in [-0.2, 0) is 4.79 Å². The lowest BCUT2D eigenvalue weighted by Crippen LogP contribution is -2.15. The zero-order valence-corrected chi connectivity index (χ0v) is 7.96. The first kappa shape index (κ1) is 10.9. The Bertz CT molecular complexity index is 357. The highest BCUT2D eigenvalue weighted by Crippen LogP contribution is 2.20. The molecule has 1 rings (SSSR count). The molecule has 0 amide bonds. The van der Waals surface area contributed by atoms with Gasteiger partial charge in [0.25, 0.3) is 0 Å². The highest BCUT2D eigenvalue weighted by molar-refractivity contribution is 6.30. The molecule has 14 heavy (non-hydrogen) atoms. The Morgan fingerprint density at radius 3 is 2.79 bits per heavy atom. The minimum absolute atomic E-state index is 0.00345. The molecule has 76 valence electrons. The van der Waals surface area contributed by atoms with Crippen molar-refractivity contribution < 1.29 is 14.3 Å². The molecule has 0 heterocycles. The van der Waals surface area contributed by atoms with Crippen molar-refractivity contribution >= 4 is 17.6 Å². The van der Waals surface area contributed by atoms with Gasteiger partial charge in [0.1, 0.15) is 5.82 Å². The molecule has 0 aliphatic heterocycles. The standard InChI is InChI=1S/C9H9ClFNO2/c10-6-2-1-5(3-7(6)11)8(12)4-9(13)14/h1-3,8H,4,12H2,(H,13,14)/t8-/m1/s1. The van der Waals surface area contributed by atoms with Gasteiger partial charge in [-0.25, -0.2) is 4.39 Å². The third-order valence-electron chi connectivity index (χ3n) is 1.77. The van der Waals surface area contributed by atoms with Gasteiger partial charge in [-0.3, -0.25) is 4.79 Å². The second-order valence-electron chi connectivity index (χ2n) is 2.88. The maximum absolute atomic E-state index is 12.9. The van der Waals surface area contributed by atoms with Crippen LogP contribution in [0.5, 0.6) is 0 Å². The second kappa shape index (κ2) is 4.39. The average Bonchev–Trinajstić information content (AvgIpc) is 2.08. The van der Waals surface area contributed by atoms with E-state index in [4.69, 9.17) is 22.4 Å². The molecule has 0 spiro atoms. The van der Waals surface area contributed by atoms with E-state index in [0.717, 1.165) is 6.07 Å². The van der Waals surface area contributed by atoms with Crippen LogP contribution in [0.25, 0.3) is 0 Å². The first-order valence-corrected chi connectivity index (χ1v) is 4.31. The lowest BCUT2D eigenvalue weighted by molar-refractivity contribution is -0.137. The number of carbonyl (C=O) groups is 1. The van der Waals surface area contributed by atoms with Crippen molar-refractivity contribution in [2.45, 2.75) is 12.5 Å². The van der Waals surface area contributed by atoms with E-state index in [-0.39, 0.29) is 11.4 Å². The summed E-state index contributed by atoms with van der Waals surface area (Å²) in [6, 6.07) is 3.31. The smallest absolute Gasteiger partial charge is 0.305 e. The Balaban J connectivity index is 2.85. The van der Waals surface area contributed by atoms with Gasteiger partial charge in [-0.15, -0.1) is 0 Å². The lowest BCUT2D eigenvalue weighted by Gasteiger charge is -2.09. The fraction of sp³-hybridized carbons (Fsp3) is 0.222. The van der Waals surface area contributed by atoms with Gasteiger partial charge in [0.15, 0.2) is 0 Å². The van der Waals surface area contributed by atoms with Gasteiger partial charge in [0, 0.05) is 6.04 Å². The van der Waals surface area contributed by atoms with Gasteiger partial charge in [-0.2, -0.15) is 0 Å². The minimum atomic E-state index is -1.02. The summed E-state index contributed by atoms with van der Waals surface area (Å²) in [5.41, 5.74) is 5.95. The molecule has 3 nitrogen and oxygen atoms in total. The summed E-state index contributed by atoms with van der Waals surface area (Å²) in [6.45, 7) is 0. The van der Waals surface area contributed by atoms with Crippen LogP contribution >= 0.6 is 11.6 Å². The monoisotopic (exact) mass is 217 g/mol. The Labute approximate surface area is 85.3 Å². The number of halogens is 2. The van der Waals surface area contributed by atoms with Gasteiger partial charge in [-0.1, -0.05) is 17.7 Å². The predicted octanol–water partition coefficient (Wildman–Crippen LogP) is 1.95. The topological polar surface area (TPSA) is 63.3 Å². The van der Waals surface area contributed by atoms with E-state index in [0.29, 0.717) is 5.56 Å². The van der Waals surface area contributed by atoms with Gasteiger partial charge < -0.3 is 10.8 Å². The summed E-state index contributed by atoms with van der Waals surface area (Å²) in [6.07, 6.45) is -0.235. The van der Waals surface area contributed by atoms with Crippen LogP contribution in [0.4, 0.5) is 4.39 Å². The molecular weight excluding hydrogens is 209 g/mol. The summed E-state index contributed by atoms with van der Waals surface area (Å²) < 4.78 is 12.9. The maximum Gasteiger partial charge on any atom is 0.305 e. The summed E-state index contributed by atoms with van der Waals surface area (Å²) >= 11 is 5.46. The summed E-state index contributed by atoms with van der Waals surface area (Å²) in [7, 11) is 0. The van der Waals surface area contributed by atoms with E-state index in [1.165, 1.54) is 12.1 Å². The van der Waals surface area contributed by atoms with Crippen molar-refractivity contribution in [2.75, 3.05) is 0 Å². The first-order valence-electron chi connectivity index (χ1n) is 3.93. The summed E-state index contributed by atoms with van der Waals surface area (Å²) in [5, 5.41) is 8.47. The first-order chi connectivity index (χ1) is 6.50. The van der Waals surface area contributed by atoms with Crippen molar-refractivity contribution in [1.29, 1.82) is 0 Å². The molecule has 0 saturated carbocycles. The molecule has 0 aliphatic carbocycles. The SMILES string of the molecule is N[C@H](CC(=O)O)c1ccc(Cl)c(F)c1. The highest BCUT2D eigenvalue weighted by Gasteiger charge is 2.12. The van der Waals surface area contributed by atoms with Crippen LogP contribution < -0.4 is 5.73 Å². The van der Waals surface area contributed by atoms with E-state index < -0.39 is 17.8 Å². The van der Waals surface area contributed by atoms with Crippen LogP contribution in [-0.4, -0.2) is 11.1 Å². The van der Waals surface area contributed by atoms with E-state index in [1.54, 1.807) is 0 Å². The number of benzene rings is 1. The van der Waals surface area contributed by atoms with Crippen molar-refractivity contribution in [3.8, 4) is 0 Å². The normalized spacial score (nSPS) is 12.5. The van der Waals surface area contributed by atoms with Crippen LogP contribution in [0.3, 0.4) is 0 Å². The molecule has 0 radical (unpaired) electrons. The molecule has 0 aromatic heterocycles. The largest absolute Gasteiger partial charge is 0.481 e. The summed E-state index contributed by atoms with van der Waals surface area (Å²) in [5.74, 6) is -1.61. The third kappa shape index (κ3) is 2.68. The molecule has 0 unspecified atom stereocenters. The quantitative estimate of drug-likeness (QED) is 0.814. The molecule has 1 aromatic carbocycles. The number of hydrogen-bond donors (Lipinski definition) is 2. The van der Waals surface area contributed by atoms with Gasteiger partial charge in [0.05, 0.1) is 11.4 Å². The Hall–Kier alpha value is -1.13. The van der Waals surface area contributed by atoms with Crippen LogP contribution in [0.15, 0.2) is 18.2 Å². The number of hydrogen-bond acceptors (Lipinski definition) is 2. The molecule has 0 aliphatic rings. The number of rotatable bonds is 3. The second-order valence-corrected chi connectivity index (χ2v) is 3.29. The Morgan fingerprint density at radius 2 is 2.29 bits per heavy atom. The van der Waals surface area contributed by atoms with Crippen molar-refractivity contribution in [1.82, 2.24) is 0 Å². The van der Waals surface area contributed by atoms with Gasteiger partial charge in [-0.05, 0) is 17.7 Å². The molecule has 0 bridgehead atoms. The predicted molar refractivity (Wildman–Crippen MR) is 50.6 cm³/mol. The lowest BCUT2D eigenvalue weighted by atomic mass is 10.1. The minimum Gasteiger partial charge on any atom is -0.481 e. The number of nitrogens with two attached hydrogens (primary N) is 1. The molecule has 0 fully saturated rings. The highest BCUT2D eigenvalue weighted by atomic mass is 35.5. The van der Waals surface area contributed by atoms with Crippen molar-refractivity contribution in [3.05, 3.63) is 34.6 Å². The van der Waals surface area contributed by atoms with E-state index in [9.17, 15) is 9.18 Å². The fourth-order valence-electron chi connectivity index (χ4n) is 1.05. The zero-order valence-electron chi connectivity index (χ0n) is 7.21. The molecular formula is C9H9ClFNO2. The summed E-state index contributed by atoms with van der Waals surface area (Å²) in [4.78, 5) is 10.3. The van der Waals surface area contributed by atoms with Crippen molar-refractivity contribution in [3.63, 3.8) is 0 Å². The van der Waals surface area contributed by atoms with Crippen LogP contribution in [0.1, 0.15) is 18.0 Å². The number of carboxylic acids is 1. The van der Waals surface area contributed by atoms with E-state index >= 15 is 0 Å². The number of aliphatic carboxylic acids is 1. The fourth-order valence-corrected chi connectivity index (χ4v) is 1.17.